The van der Waals surface area contributed by atoms with Crippen LogP contribution in [-0.4, -0.2) is 59.9 Å². The van der Waals surface area contributed by atoms with Crippen LogP contribution in [0.25, 0.3) is 22.2 Å². The van der Waals surface area contributed by atoms with Crippen LogP contribution >= 0.6 is 11.8 Å². The number of fused-ring (bicyclic) bond motifs is 1. The van der Waals surface area contributed by atoms with Crippen LogP contribution in [0.15, 0.2) is 49.1 Å². The molecule has 0 aliphatic rings. The van der Waals surface area contributed by atoms with Crippen molar-refractivity contribution in [1.29, 1.82) is 0 Å². The second-order valence-corrected chi connectivity index (χ2v) is 8.67. The van der Waals surface area contributed by atoms with Crippen molar-refractivity contribution in [3.63, 3.8) is 0 Å². The normalized spacial score (nSPS) is 11.7. The van der Waals surface area contributed by atoms with Crippen molar-refractivity contribution in [1.82, 2.24) is 25.3 Å². The van der Waals surface area contributed by atoms with Gasteiger partial charge in [-0.1, -0.05) is 18.2 Å². The summed E-state index contributed by atoms with van der Waals surface area (Å²) in [6.45, 7) is 0.509. The van der Waals surface area contributed by atoms with Crippen LogP contribution in [0.5, 0.6) is 11.6 Å². The molecule has 4 aromatic rings. The van der Waals surface area contributed by atoms with Crippen LogP contribution in [-0.2, 0) is 0 Å². The van der Waals surface area contributed by atoms with E-state index < -0.39 is 11.7 Å². The zero-order valence-electron chi connectivity index (χ0n) is 20.2. The third-order valence-corrected chi connectivity index (χ3v) is 6.62. The van der Waals surface area contributed by atoms with Gasteiger partial charge in [0.25, 0.3) is 11.8 Å². The number of benzene rings is 1. The molecule has 1 unspecified atom stereocenters. The maximum atomic E-state index is 14.4. The van der Waals surface area contributed by atoms with Gasteiger partial charge in [-0.3, -0.25) is 9.78 Å². The van der Waals surface area contributed by atoms with Crippen LogP contribution in [0.1, 0.15) is 21.2 Å². The van der Waals surface area contributed by atoms with Crippen molar-refractivity contribution in [2.24, 2.45) is 0 Å². The number of anilines is 1. The van der Waals surface area contributed by atoms with Crippen molar-refractivity contribution in [2.45, 2.75) is 5.25 Å². The number of carbonyl (C=O) groups is 1. The number of amides is 1. The fraction of sp³-hybridized carbons (Fsp3) is 0.240. The van der Waals surface area contributed by atoms with Gasteiger partial charge in [-0.2, -0.15) is 11.8 Å². The van der Waals surface area contributed by atoms with Gasteiger partial charge in [-0.05, 0) is 17.9 Å². The number of hydrogen-bond acceptors (Lipinski definition) is 9. The van der Waals surface area contributed by atoms with Gasteiger partial charge >= 0.3 is 0 Å². The summed E-state index contributed by atoms with van der Waals surface area (Å²) in [4.78, 5) is 29.6. The highest BCUT2D eigenvalue weighted by Crippen LogP contribution is 2.34. The Bertz CT molecular complexity index is 1400. The molecule has 0 aliphatic carbocycles. The summed E-state index contributed by atoms with van der Waals surface area (Å²) < 4.78 is 25.0. The number of aromatic nitrogens is 4. The number of halogens is 1. The van der Waals surface area contributed by atoms with E-state index in [4.69, 9.17) is 9.47 Å². The Morgan fingerprint density at radius 2 is 1.94 bits per heavy atom. The van der Waals surface area contributed by atoms with Gasteiger partial charge in [0.15, 0.2) is 11.6 Å². The van der Waals surface area contributed by atoms with Crippen LogP contribution in [0.4, 0.5) is 10.2 Å². The molecule has 1 aromatic carbocycles. The van der Waals surface area contributed by atoms with E-state index in [0.29, 0.717) is 40.6 Å². The molecule has 4 rings (SSSR count). The van der Waals surface area contributed by atoms with Crippen molar-refractivity contribution in [3.05, 3.63) is 66.0 Å². The molecular formula is C25H25FN6O3S. The van der Waals surface area contributed by atoms with E-state index in [2.05, 4.69) is 30.6 Å². The summed E-state index contributed by atoms with van der Waals surface area (Å²) in [5, 5.41) is 6.27. The average molecular weight is 509 g/mol. The zero-order chi connectivity index (χ0) is 25.7. The third kappa shape index (κ3) is 5.01. The number of para-hydroxylation sites is 1. The van der Waals surface area contributed by atoms with E-state index in [1.807, 2.05) is 18.4 Å². The van der Waals surface area contributed by atoms with Crippen molar-refractivity contribution < 1.29 is 18.7 Å². The summed E-state index contributed by atoms with van der Waals surface area (Å²) in [6.07, 6.45) is 6.20. The van der Waals surface area contributed by atoms with Crippen LogP contribution < -0.4 is 20.1 Å². The van der Waals surface area contributed by atoms with Crippen LogP contribution in [0.2, 0.25) is 0 Å². The number of pyridine rings is 2. The molecule has 1 atom stereocenters. The number of hydrogen-bond donors (Lipinski definition) is 2. The summed E-state index contributed by atoms with van der Waals surface area (Å²) in [6, 6.07) is 9.07. The fourth-order valence-corrected chi connectivity index (χ4v) is 4.53. The molecule has 36 heavy (non-hydrogen) atoms. The second kappa shape index (κ2) is 11.2. The molecule has 186 valence electrons. The SMILES string of the molecule is CNC(=O)c1c(F)cnc2c(C(CNc3cc(-c4cnc(OC)c(OC)c4)ncn3)SC)cccc12. The minimum atomic E-state index is -0.656. The Hall–Kier alpha value is -3.99. The first-order valence-corrected chi connectivity index (χ1v) is 12.3. The molecule has 0 saturated heterocycles. The molecular weight excluding hydrogens is 483 g/mol. The van der Waals surface area contributed by atoms with Gasteiger partial charge < -0.3 is 20.1 Å². The number of methoxy groups -OCH3 is 2. The molecule has 3 heterocycles. The molecule has 0 fully saturated rings. The predicted octanol–water partition coefficient (Wildman–Crippen LogP) is 4.12. The predicted molar refractivity (Wildman–Crippen MR) is 138 cm³/mol. The second-order valence-electron chi connectivity index (χ2n) is 7.63. The number of rotatable bonds is 9. The van der Waals surface area contributed by atoms with Gasteiger partial charge in [0.2, 0.25) is 0 Å². The van der Waals surface area contributed by atoms with Crippen LogP contribution in [0, 0.1) is 5.82 Å². The van der Waals surface area contributed by atoms with E-state index in [1.54, 1.807) is 43.3 Å². The lowest BCUT2D eigenvalue weighted by Gasteiger charge is -2.19. The van der Waals surface area contributed by atoms with E-state index in [1.165, 1.54) is 20.5 Å². The molecule has 0 saturated carbocycles. The topological polar surface area (TPSA) is 111 Å². The lowest BCUT2D eigenvalue weighted by molar-refractivity contribution is 0.0960. The van der Waals surface area contributed by atoms with Crippen LogP contribution in [0.3, 0.4) is 0 Å². The van der Waals surface area contributed by atoms with E-state index in [9.17, 15) is 9.18 Å². The Morgan fingerprint density at radius 1 is 1.11 bits per heavy atom. The minimum absolute atomic E-state index is 0.0128. The monoisotopic (exact) mass is 508 g/mol. The Labute approximate surface area is 211 Å². The van der Waals surface area contributed by atoms with Gasteiger partial charge in [-0.25, -0.2) is 19.3 Å². The number of nitrogens with one attached hydrogen (secondary N) is 2. The minimum Gasteiger partial charge on any atom is -0.491 e. The summed E-state index contributed by atoms with van der Waals surface area (Å²) >= 11 is 1.61. The molecule has 0 aliphatic heterocycles. The quantitative estimate of drug-likeness (QED) is 0.345. The molecule has 3 aromatic heterocycles. The van der Waals surface area contributed by atoms with Crippen molar-refractivity contribution in [2.75, 3.05) is 39.4 Å². The number of ether oxygens (including phenoxy) is 2. The fourth-order valence-electron chi connectivity index (χ4n) is 3.84. The highest BCUT2D eigenvalue weighted by Gasteiger charge is 2.20. The summed E-state index contributed by atoms with van der Waals surface area (Å²) in [7, 11) is 4.55. The van der Waals surface area contributed by atoms with E-state index in [0.717, 1.165) is 17.3 Å². The third-order valence-electron chi connectivity index (χ3n) is 5.63. The standard InChI is InChI=1S/C25H25FN6O3S/c1-27-24(33)22-16-7-5-6-15(23(16)29-11-17(22)26)20(36-4)12-28-21-9-18(31-13-32-21)14-8-19(34-2)25(35-3)30-10-14/h5-11,13,20H,12H2,1-4H3,(H,27,33)(H,28,31,32). The van der Waals surface area contributed by atoms with Crippen molar-refractivity contribution >= 4 is 34.4 Å². The highest BCUT2D eigenvalue weighted by molar-refractivity contribution is 7.98. The summed E-state index contributed by atoms with van der Waals surface area (Å²) in [5.74, 6) is 0.366. The van der Waals surface area contributed by atoms with Crippen molar-refractivity contribution in [3.8, 4) is 22.9 Å². The lowest BCUT2D eigenvalue weighted by Crippen LogP contribution is -2.20. The Morgan fingerprint density at radius 3 is 2.67 bits per heavy atom. The zero-order valence-corrected chi connectivity index (χ0v) is 21.0. The van der Waals surface area contributed by atoms with Gasteiger partial charge in [0.1, 0.15) is 12.1 Å². The average Bonchev–Trinajstić information content (AvgIpc) is 2.92. The largest absolute Gasteiger partial charge is 0.491 e. The Balaban J connectivity index is 1.60. The summed E-state index contributed by atoms with van der Waals surface area (Å²) in [5.41, 5.74) is 2.87. The maximum absolute atomic E-state index is 14.4. The molecule has 1 amide bonds. The highest BCUT2D eigenvalue weighted by atomic mass is 32.2. The number of thioether (sulfide) groups is 1. The first-order valence-electron chi connectivity index (χ1n) is 11.0. The molecule has 0 spiro atoms. The molecule has 9 nitrogen and oxygen atoms in total. The van der Waals surface area contributed by atoms with E-state index in [-0.39, 0.29) is 10.8 Å². The maximum Gasteiger partial charge on any atom is 0.256 e. The smallest absolute Gasteiger partial charge is 0.256 e. The Kier molecular flexibility index (Phi) is 7.79. The first kappa shape index (κ1) is 25.1. The van der Waals surface area contributed by atoms with Gasteiger partial charge in [-0.15, -0.1) is 0 Å². The molecule has 2 N–H and O–H groups in total. The first-order chi connectivity index (χ1) is 17.5. The van der Waals surface area contributed by atoms with Gasteiger partial charge in [0, 0.05) is 42.1 Å². The molecule has 11 heteroatoms. The molecule has 0 bridgehead atoms. The lowest BCUT2D eigenvalue weighted by atomic mass is 10.0. The number of carbonyl (C=O) groups excluding carboxylic acids is 1. The number of nitrogens with zero attached hydrogens (tertiary/aromatic N) is 4. The van der Waals surface area contributed by atoms with E-state index >= 15 is 0 Å². The molecule has 0 radical (unpaired) electrons. The van der Waals surface area contributed by atoms with Gasteiger partial charge in [0.05, 0.1) is 37.2 Å².